The van der Waals surface area contributed by atoms with E-state index in [4.69, 9.17) is 23.8 Å². The summed E-state index contributed by atoms with van der Waals surface area (Å²) in [4.78, 5) is 25.9. The number of nitrogens with one attached hydrogen (secondary N) is 1. The minimum absolute atomic E-state index is 0.0899. The molecular weight excluding hydrogens is 420 g/mol. The highest BCUT2D eigenvalue weighted by molar-refractivity contribution is 7.80. The van der Waals surface area contributed by atoms with Crippen molar-refractivity contribution in [1.82, 2.24) is 5.32 Å². The van der Waals surface area contributed by atoms with Gasteiger partial charge in [0.15, 0.2) is 5.11 Å². The Kier molecular flexibility index (Phi) is 5.22. The van der Waals surface area contributed by atoms with Crippen LogP contribution in [0.1, 0.15) is 11.1 Å². The Morgan fingerprint density at radius 3 is 2.29 bits per heavy atom. The summed E-state index contributed by atoms with van der Waals surface area (Å²) in [5.41, 5.74) is -1.63. The number of halogens is 5. The Balaban J connectivity index is 1.99. The zero-order valence-corrected chi connectivity index (χ0v) is 15.3. The van der Waals surface area contributed by atoms with Crippen molar-refractivity contribution in [2.45, 2.75) is 6.18 Å². The molecule has 0 unspecified atom stereocenters. The zero-order valence-electron chi connectivity index (χ0n) is 13.7. The number of benzene rings is 2. The summed E-state index contributed by atoms with van der Waals surface area (Å²) in [6.07, 6.45) is -3.86. The molecule has 4 nitrogen and oxygen atoms in total. The Morgan fingerprint density at radius 1 is 1.07 bits per heavy atom. The van der Waals surface area contributed by atoms with Crippen LogP contribution in [0.3, 0.4) is 0 Å². The number of nitrogens with zero attached hydrogens (tertiary/aromatic N) is 1. The van der Waals surface area contributed by atoms with Gasteiger partial charge in [0.2, 0.25) is 0 Å². The summed E-state index contributed by atoms with van der Waals surface area (Å²) in [5, 5.41) is 2.56. The van der Waals surface area contributed by atoms with Crippen LogP contribution in [0.2, 0.25) is 5.02 Å². The van der Waals surface area contributed by atoms with Crippen molar-refractivity contribution in [2.24, 2.45) is 0 Å². The second-order valence-corrected chi connectivity index (χ2v) is 6.49. The average Bonchev–Trinajstić information content (AvgIpc) is 2.59. The molecule has 0 radical (unpaired) electrons. The van der Waals surface area contributed by atoms with Crippen LogP contribution in [0.5, 0.6) is 0 Å². The smallest absolute Gasteiger partial charge is 0.298 e. The lowest BCUT2D eigenvalue weighted by molar-refractivity contribution is -0.140. The van der Waals surface area contributed by atoms with Crippen molar-refractivity contribution in [3.8, 4) is 0 Å². The van der Waals surface area contributed by atoms with Gasteiger partial charge in [-0.15, -0.1) is 0 Å². The molecule has 1 aliphatic rings. The standard InChI is InChI=1S/C18H9ClF4N2O2S/c19-10-2-4-11(5-3-10)25-16(27)12(15(26)24-17(25)28)7-9-1-6-13(14(20)8-9)18(21,22)23/h1-8H,(H,24,26,28). The molecule has 0 atom stereocenters. The van der Waals surface area contributed by atoms with Crippen LogP contribution >= 0.6 is 23.8 Å². The maximum absolute atomic E-state index is 13.8. The molecule has 3 rings (SSSR count). The molecule has 2 aromatic rings. The molecule has 0 saturated carbocycles. The van der Waals surface area contributed by atoms with Gasteiger partial charge in [0, 0.05) is 5.02 Å². The SMILES string of the molecule is O=C1NC(=S)N(c2ccc(Cl)cc2)C(=O)C1=Cc1ccc(C(F)(F)F)c(F)c1. The minimum atomic E-state index is -4.86. The van der Waals surface area contributed by atoms with Crippen LogP contribution in [0.25, 0.3) is 6.08 Å². The van der Waals surface area contributed by atoms with E-state index in [-0.39, 0.29) is 10.7 Å². The van der Waals surface area contributed by atoms with Crippen molar-refractivity contribution in [2.75, 3.05) is 4.90 Å². The largest absolute Gasteiger partial charge is 0.419 e. The fourth-order valence-electron chi connectivity index (χ4n) is 2.50. The second-order valence-electron chi connectivity index (χ2n) is 5.67. The van der Waals surface area contributed by atoms with E-state index in [0.717, 1.165) is 17.0 Å². The number of anilines is 1. The predicted octanol–water partition coefficient (Wildman–Crippen LogP) is 4.33. The Labute approximate surface area is 166 Å². The summed E-state index contributed by atoms with van der Waals surface area (Å²) >= 11 is 10.8. The van der Waals surface area contributed by atoms with E-state index in [2.05, 4.69) is 5.32 Å². The number of amides is 2. The predicted molar refractivity (Wildman–Crippen MR) is 99.1 cm³/mol. The van der Waals surface area contributed by atoms with Gasteiger partial charge in [0.1, 0.15) is 11.4 Å². The molecule has 1 saturated heterocycles. The number of carbonyl (C=O) groups is 2. The van der Waals surface area contributed by atoms with Gasteiger partial charge < -0.3 is 0 Å². The normalized spacial score (nSPS) is 16.5. The first-order valence-corrected chi connectivity index (χ1v) is 8.40. The maximum atomic E-state index is 13.8. The molecule has 0 spiro atoms. The van der Waals surface area contributed by atoms with Gasteiger partial charge in [-0.25, -0.2) is 4.39 Å². The summed E-state index contributed by atoms with van der Waals surface area (Å²) in [6, 6.07) is 8.11. The molecule has 1 N–H and O–H groups in total. The van der Waals surface area contributed by atoms with Crippen molar-refractivity contribution >= 4 is 52.5 Å². The van der Waals surface area contributed by atoms with Gasteiger partial charge in [0.05, 0.1) is 11.3 Å². The van der Waals surface area contributed by atoms with Gasteiger partial charge in [-0.1, -0.05) is 17.7 Å². The lowest BCUT2D eigenvalue weighted by Gasteiger charge is -2.29. The van der Waals surface area contributed by atoms with Crippen LogP contribution in [0, 0.1) is 5.82 Å². The van der Waals surface area contributed by atoms with Crippen LogP contribution in [-0.4, -0.2) is 16.9 Å². The quantitative estimate of drug-likeness (QED) is 0.335. The number of rotatable bonds is 2. The molecular formula is C18H9ClF4N2O2S. The molecule has 2 amide bonds. The molecule has 0 aromatic heterocycles. The fourth-order valence-corrected chi connectivity index (χ4v) is 2.91. The lowest BCUT2D eigenvalue weighted by atomic mass is 10.0. The number of hydrogen-bond donors (Lipinski definition) is 1. The van der Waals surface area contributed by atoms with E-state index in [9.17, 15) is 27.2 Å². The first-order valence-electron chi connectivity index (χ1n) is 7.61. The highest BCUT2D eigenvalue weighted by Gasteiger charge is 2.36. The second kappa shape index (κ2) is 7.33. The Bertz CT molecular complexity index is 1020. The molecule has 144 valence electrons. The first kappa shape index (κ1) is 20.0. The highest BCUT2D eigenvalue weighted by atomic mass is 35.5. The van der Waals surface area contributed by atoms with Crippen molar-refractivity contribution < 1.29 is 27.2 Å². The van der Waals surface area contributed by atoms with E-state index in [1.807, 2.05) is 0 Å². The topological polar surface area (TPSA) is 49.4 Å². The summed E-state index contributed by atoms with van der Waals surface area (Å²) in [7, 11) is 0. The summed E-state index contributed by atoms with van der Waals surface area (Å²) in [6.45, 7) is 0. The molecule has 28 heavy (non-hydrogen) atoms. The fraction of sp³-hybridized carbons (Fsp3) is 0.0556. The molecule has 2 aromatic carbocycles. The van der Waals surface area contributed by atoms with Crippen LogP contribution in [-0.2, 0) is 15.8 Å². The van der Waals surface area contributed by atoms with E-state index in [0.29, 0.717) is 22.8 Å². The van der Waals surface area contributed by atoms with Gasteiger partial charge >= 0.3 is 6.18 Å². The van der Waals surface area contributed by atoms with Crippen LogP contribution in [0.15, 0.2) is 48.0 Å². The molecule has 1 fully saturated rings. The highest BCUT2D eigenvalue weighted by Crippen LogP contribution is 2.32. The summed E-state index contributed by atoms with van der Waals surface area (Å²) < 4.78 is 51.8. The Hall–Kier alpha value is -2.78. The third-order valence-electron chi connectivity index (χ3n) is 3.80. The number of alkyl halides is 3. The van der Waals surface area contributed by atoms with Crippen molar-refractivity contribution in [3.05, 3.63) is 70.0 Å². The molecule has 10 heteroatoms. The summed E-state index contributed by atoms with van der Waals surface area (Å²) in [5.74, 6) is -3.17. The monoisotopic (exact) mass is 428 g/mol. The third kappa shape index (κ3) is 3.90. The lowest BCUT2D eigenvalue weighted by Crippen LogP contribution is -2.54. The van der Waals surface area contributed by atoms with E-state index in [1.165, 1.54) is 24.3 Å². The molecule has 1 heterocycles. The Morgan fingerprint density at radius 2 is 1.71 bits per heavy atom. The van der Waals surface area contributed by atoms with Gasteiger partial charge in [-0.2, -0.15) is 13.2 Å². The van der Waals surface area contributed by atoms with E-state index in [1.54, 1.807) is 0 Å². The van der Waals surface area contributed by atoms with E-state index >= 15 is 0 Å². The third-order valence-corrected chi connectivity index (χ3v) is 4.33. The molecule has 0 bridgehead atoms. The zero-order chi connectivity index (χ0) is 20.6. The van der Waals surface area contributed by atoms with Crippen molar-refractivity contribution in [3.63, 3.8) is 0 Å². The maximum Gasteiger partial charge on any atom is 0.419 e. The van der Waals surface area contributed by atoms with Crippen LogP contribution < -0.4 is 10.2 Å². The minimum Gasteiger partial charge on any atom is -0.298 e. The van der Waals surface area contributed by atoms with Gasteiger partial charge in [0.25, 0.3) is 11.8 Å². The number of hydrogen-bond acceptors (Lipinski definition) is 3. The number of carbonyl (C=O) groups excluding carboxylic acids is 2. The number of thiocarbonyl (C=S) groups is 1. The van der Waals surface area contributed by atoms with Gasteiger partial charge in [-0.3, -0.25) is 19.8 Å². The van der Waals surface area contributed by atoms with Gasteiger partial charge in [-0.05, 0) is 60.3 Å². The van der Waals surface area contributed by atoms with Crippen molar-refractivity contribution in [1.29, 1.82) is 0 Å². The van der Waals surface area contributed by atoms with Crippen LogP contribution in [0.4, 0.5) is 23.2 Å². The molecule has 0 aliphatic carbocycles. The molecule has 1 aliphatic heterocycles. The first-order chi connectivity index (χ1) is 13.1. The average molecular weight is 429 g/mol. The van der Waals surface area contributed by atoms with E-state index < -0.39 is 34.9 Å².